The Labute approximate surface area is 117 Å². The van der Waals surface area contributed by atoms with Crippen LogP contribution in [0, 0.1) is 10.1 Å². The zero-order chi connectivity index (χ0) is 14.3. The van der Waals surface area contributed by atoms with E-state index < -0.39 is 4.92 Å². The quantitative estimate of drug-likeness (QED) is 0.320. The van der Waals surface area contributed by atoms with Crippen LogP contribution in [0.1, 0.15) is 13.8 Å². The minimum absolute atomic E-state index is 0.0744. The van der Waals surface area contributed by atoms with Gasteiger partial charge in [-0.25, -0.2) is 0 Å². The van der Waals surface area contributed by atoms with Gasteiger partial charge in [-0.15, -0.1) is 0 Å². The molecule has 0 aliphatic carbocycles. The molecule has 1 aromatic rings. The molecule has 0 unspecified atom stereocenters. The van der Waals surface area contributed by atoms with Gasteiger partial charge in [0.1, 0.15) is 5.69 Å². The first-order chi connectivity index (χ1) is 9.00. The zero-order valence-electron chi connectivity index (χ0n) is 11.0. The van der Waals surface area contributed by atoms with E-state index in [1.54, 1.807) is 18.2 Å². The molecule has 0 atom stereocenters. The number of nitro groups is 1. The number of para-hydroxylation sites is 2. The van der Waals surface area contributed by atoms with Crippen molar-refractivity contribution in [2.24, 2.45) is 0 Å². The first kappa shape index (κ1) is 15.2. The van der Waals surface area contributed by atoms with Gasteiger partial charge in [0.25, 0.3) is 5.69 Å². The van der Waals surface area contributed by atoms with Crippen LogP contribution >= 0.6 is 12.2 Å². The van der Waals surface area contributed by atoms with Crippen LogP contribution in [0.25, 0.3) is 0 Å². The highest BCUT2D eigenvalue weighted by atomic mass is 32.1. The minimum Gasteiger partial charge on any atom is -0.378 e. The molecule has 3 N–H and O–H groups in total. The lowest BCUT2D eigenvalue weighted by atomic mass is 10.2. The van der Waals surface area contributed by atoms with Gasteiger partial charge >= 0.3 is 0 Å². The molecule has 0 saturated heterocycles. The summed E-state index contributed by atoms with van der Waals surface area (Å²) in [7, 11) is 0. The molecule has 0 heterocycles. The van der Waals surface area contributed by atoms with Gasteiger partial charge in [-0.2, -0.15) is 0 Å². The largest absolute Gasteiger partial charge is 0.378 e. The van der Waals surface area contributed by atoms with Gasteiger partial charge in [-0.3, -0.25) is 10.1 Å². The van der Waals surface area contributed by atoms with E-state index >= 15 is 0 Å². The van der Waals surface area contributed by atoms with E-state index in [1.807, 2.05) is 13.8 Å². The first-order valence-electron chi connectivity index (χ1n) is 6.02. The van der Waals surface area contributed by atoms with Gasteiger partial charge in [-0.1, -0.05) is 12.1 Å². The summed E-state index contributed by atoms with van der Waals surface area (Å²) in [5.74, 6) is 0. The number of rotatable bonds is 6. The predicted molar refractivity (Wildman–Crippen MR) is 80.5 cm³/mol. The fraction of sp³-hybridized carbons (Fsp3) is 0.417. The van der Waals surface area contributed by atoms with E-state index in [0.717, 1.165) is 0 Å². The fourth-order valence-electron chi connectivity index (χ4n) is 1.47. The Morgan fingerprint density at radius 1 is 1.37 bits per heavy atom. The van der Waals surface area contributed by atoms with E-state index in [-0.39, 0.29) is 11.7 Å². The number of thiocarbonyl (C=S) groups is 1. The lowest BCUT2D eigenvalue weighted by molar-refractivity contribution is -0.384. The Morgan fingerprint density at radius 3 is 2.68 bits per heavy atom. The predicted octanol–water partition coefficient (Wildman–Crippen LogP) is 1.88. The van der Waals surface area contributed by atoms with Crippen LogP contribution in [0.3, 0.4) is 0 Å². The van der Waals surface area contributed by atoms with E-state index in [1.165, 1.54) is 6.07 Å². The van der Waals surface area contributed by atoms with Crippen LogP contribution in [-0.2, 0) is 0 Å². The van der Waals surface area contributed by atoms with Gasteiger partial charge in [0.15, 0.2) is 5.11 Å². The van der Waals surface area contributed by atoms with Crippen molar-refractivity contribution in [1.82, 2.24) is 10.6 Å². The lowest BCUT2D eigenvalue weighted by Crippen LogP contribution is -2.41. The van der Waals surface area contributed by atoms with Crippen molar-refractivity contribution in [3.8, 4) is 0 Å². The number of hydrogen-bond donors (Lipinski definition) is 3. The summed E-state index contributed by atoms with van der Waals surface area (Å²) >= 11 is 5.07. The maximum Gasteiger partial charge on any atom is 0.292 e. The third kappa shape index (κ3) is 5.52. The minimum atomic E-state index is -0.402. The monoisotopic (exact) mass is 282 g/mol. The van der Waals surface area contributed by atoms with Gasteiger partial charge < -0.3 is 16.0 Å². The maximum atomic E-state index is 10.8. The molecule has 0 saturated carbocycles. The smallest absolute Gasteiger partial charge is 0.292 e. The standard InChI is InChI=1S/C12H18N4O2S/c1-9(2)15-12(19)14-8-7-13-10-5-3-4-6-11(10)16(17)18/h3-6,9,13H,7-8H2,1-2H3,(H2,14,15,19). The fourth-order valence-corrected chi connectivity index (χ4v) is 1.81. The number of nitro benzene ring substituents is 1. The Balaban J connectivity index is 2.38. The van der Waals surface area contributed by atoms with E-state index in [9.17, 15) is 10.1 Å². The Kier molecular flexibility index (Phi) is 6.01. The molecule has 0 aliphatic heterocycles. The Bertz CT molecular complexity index is 451. The molecule has 0 fully saturated rings. The van der Waals surface area contributed by atoms with Crippen molar-refractivity contribution in [1.29, 1.82) is 0 Å². The second-order valence-electron chi connectivity index (χ2n) is 4.26. The lowest BCUT2D eigenvalue weighted by Gasteiger charge is -2.13. The van der Waals surface area contributed by atoms with Gasteiger partial charge in [0, 0.05) is 25.2 Å². The average molecular weight is 282 g/mol. The van der Waals surface area contributed by atoms with E-state index in [4.69, 9.17) is 12.2 Å². The van der Waals surface area contributed by atoms with Gasteiger partial charge in [-0.05, 0) is 32.1 Å². The first-order valence-corrected chi connectivity index (χ1v) is 6.43. The normalized spacial score (nSPS) is 10.1. The van der Waals surface area contributed by atoms with Crippen LogP contribution in [0.4, 0.5) is 11.4 Å². The van der Waals surface area contributed by atoms with Crippen LogP contribution in [0.5, 0.6) is 0 Å². The molecule has 104 valence electrons. The highest BCUT2D eigenvalue weighted by Crippen LogP contribution is 2.22. The molecule has 6 nitrogen and oxygen atoms in total. The number of nitrogens with zero attached hydrogens (tertiary/aromatic N) is 1. The number of nitrogens with one attached hydrogen (secondary N) is 3. The summed E-state index contributed by atoms with van der Waals surface area (Å²) in [6.07, 6.45) is 0. The Morgan fingerprint density at radius 2 is 2.05 bits per heavy atom. The van der Waals surface area contributed by atoms with Crippen molar-refractivity contribution < 1.29 is 4.92 Å². The van der Waals surface area contributed by atoms with Crippen molar-refractivity contribution in [2.75, 3.05) is 18.4 Å². The van der Waals surface area contributed by atoms with Gasteiger partial charge in [0.2, 0.25) is 0 Å². The topological polar surface area (TPSA) is 79.2 Å². The molecule has 0 aromatic heterocycles. The summed E-state index contributed by atoms with van der Waals surface area (Å²) in [5.41, 5.74) is 0.586. The highest BCUT2D eigenvalue weighted by Gasteiger charge is 2.11. The molecule has 0 aliphatic rings. The summed E-state index contributed by atoms with van der Waals surface area (Å²) in [5, 5.41) is 20.5. The molecular weight excluding hydrogens is 264 g/mol. The second kappa shape index (κ2) is 7.52. The molecule has 1 aromatic carbocycles. The summed E-state index contributed by atoms with van der Waals surface area (Å²) in [4.78, 5) is 10.4. The third-order valence-electron chi connectivity index (χ3n) is 2.25. The number of hydrogen-bond acceptors (Lipinski definition) is 4. The van der Waals surface area contributed by atoms with E-state index in [2.05, 4.69) is 16.0 Å². The molecule has 0 bridgehead atoms. The summed E-state index contributed by atoms with van der Waals surface area (Å²) < 4.78 is 0. The van der Waals surface area contributed by atoms with Crippen LogP contribution in [0.2, 0.25) is 0 Å². The summed E-state index contributed by atoms with van der Waals surface area (Å²) in [6.45, 7) is 5.13. The number of anilines is 1. The molecule has 0 amide bonds. The zero-order valence-corrected chi connectivity index (χ0v) is 11.8. The van der Waals surface area contributed by atoms with Crippen molar-refractivity contribution in [3.63, 3.8) is 0 Å². The highest BCUT2D eigenvalue weighted by molar-refractivity contribution is 7.80. The number of benzene rings is 1. The third-order valence-corrected chi connectivity index (χ3v) is 2.51. The van der Waals surface area contributed by atoms with Crippen LogP contribution in [0.15, 0.2) is 24.3 Å². The summed E-state index contributed by atoms with van der Waals surface area (Å²) in [6, 6.07) is 6.84. The molecular formula is C12H18N4O2S. The molecule has 0 spiro atoms. The van der Waals surface area contributed by atoms with E-state index in [0.29, 0.717) is 23.9 Å². The van der Waals surface area contributed by atoms with Crippen molar-refractivity contribution in [3.05, 3.63) is 34.4 Å². The molecule has 1 rings (SSSR count). The van der Waals surface area contributed by atoms with Gasteiger partial charge in [0.05, 0.1) is 4.92 Å². The van der Waals surface area contributed by atoms with Crippen LogP contribution < -0.4 is 16.0 Å². The molecule has 7 heteroatoms. The molecule has 0 radical (unpaired) electrons. The second-order valence-corrected chi connectivity index (χ2v) is 4.66. The maximum absolute atomic E-state index is 10.8. The van der Waals surface area contributed by atoms with Crippen LogP contribution in [-0.4, -0.2) is 29.2 Å². The average Bonchev–Trinajstić information content (AvgIpc) is 2.34. The SMILES string of the molecule is CC(C)NC(=S)NCCNc1ccccc1[N+](=O)[O-]. The Hall–Kier alpha value is -1.89. The van der Waals surface area contributed by atoms with Crippen molar-refractivity contribution >= 4 is 28.7 Å². The molecule has 19 heavy (non-hydrogen) atoms. The van der Waals surface area contributed by atoms with Crippen molar-refractivity contribution in [2.45, 2.75) is 19.9 Å².